The highest BCUT2D eigenvalue weighted by atomic mass is 32.2. The highest BCUT2D eigenvalue weighted by Crippen LogP contribution is 2.43. The molecule has 142 valence electrons. The molecule has 28 heavy (non-hydrogen) atoms. The van der Waals surface area contributed by atoms with Crippen LogP contribution in [0.25, 0.3) is 0 Å². The summed E-state index contributed by atoms with van der Waals surface area (Å²) in [6.07, 6.45) is 5.01. The Morgan fingerprint density at radius 3 is 2.89 bits per heavy atom. The molecule has 0 unspecified atom stereocenters. The fourth-order valence-corrected chi connectivity index (χ4v) is 5.97. The lowest BCUT2D eigenvalue weighted by molar-refractivity contribution is -0.255. The molecular weight excluding hydrogens is 398 g/mol. The van der Waals surface area contributed by atoms with Crippen molar-refractivity contribution in [3.05, 3.63) is 39.9 Å². The highest BCUT2D eigenvalue weighted by Gasteiger charge is 2.43. The number of aromatic carboxylic acids is 1. The molecule has 0 radical (unpaired) electrons. The van der Waals surface area contributed by atoms with E-state index >= 15 is 0 Å². The first-order valence-electron chi connectivity index (χ1n) is 8.75. The normalized spacial score (nSPS) is 18.8. The van der Waals surface area contributed by atoms with E-state index in [-0.39, 0.29) is 22.9 Å². The molecule has 4 rings (SSSR count). The van der Waals surface area contributed by atoms with E-state index in [4.69, 9.17) is 0 Å². The molecule has 7 nitrogen and oxygen atoms in total. The summed E-state index contributed by atoms with van der Waals surface area (Å²) in [5.74, 6) is -2.22. The van der Waals surface area contributed by atoms with Crippen LogP contribution in [-0.4, -0.2) is 28.0 Å². The van der Waals surface area contributed by atoms with E-state index in [0.29, 0.717) is 10.6 Å². The van der Waals surface area contributed by atoms with Crippen LogP contribution in [0.2, 0.25) is 0 Å². The van der Waals surface area contributed by atoms with Crippen LogP contribution in [0.1, 0.15) is 45.6 Å². The zero-order chi connectivity index (χ0) is 19.8. The second-order valence-corrected chi connectivity index (χ2v) is 8.80. The van der Waals surface area contributed by atoms with Crippen molar-refractivity contribution in [2.45, 2.75) is 42.4 Å². The molecule has 1 atom stereocenters. The van der Waals surface area contributed by atoms with Crippen molar-refractivity contribution in [3.63, 3.8) is 0 Å². The Balaban J connectivity index is 1.65. The van der Waals surface area contributed by atoms with Gasteiger partial charge in [0.15, 0.2) is 0 Å². The fraction of sp³-hybridized carbons (Fsp3) is 0.316. The Morgan fingerprint density at radius 2 is 2.14 bits per heavy atom. The van der Waals surface area contributed by atoms with Gasteiger partial charge in [0, 0.05) is 23.1 Å². The van der Waals surface area contributed by atoms with Gasteiger partial charge in [-0.25, -0.2) is 9.88 Å². The summed E-state index contributed by atoms with van der Waals surface area (Å²) in [7, 11) is 0. The van der Waals surface area contributed by atoms with Crippen LogP contribution in [0.5, 0.6) is 0 Å². The van der Waals surface area contributed by atoms with Gasteiger partial charge in [0.05, 0.1) is 16.8 Å². The Hall–Kier alpha value is -2.70. The molecule has 0 N–H and O–H groups in total. The second-order valence-electron chi connectivity index (χ2n) is 6.52. The topological polar surface area (TPSA) is 114 Å². The van der Waals surface area contributed by atoms with Gasteiger partial charge in [0.1, 0.15) is 16.1 Å². The number of aryl methyl sites for hydroxylation is 1. The number of rotatable bonds is 4. The molecule has 1 aliphatic heterocycles. The average molecular weight is 412 g/mol. The zero-order valence-electron chi connectivity index (χ0n) is 14.6. The van der Waals surface area contributed by atoms with Crippen molar-refractivity contribution in [1.29, 1.82) is 5.26 Å². The predicted octanol–water partition coefficient (Wildman–Crippen LogP) is 1.68. The number of carboxylic acids is 1. The van der Waals surface area contributed by atoms with Crippen LogP contribution in [0.4, 0.5) is 5.00 Å². The smallest absolute Gasteiger partial charge is 0.248 e. The fourth-order valence-electron chi connectivity index (χ4n) is 3.51. The number of hydrogen-bond acceptors (Lipinski definition) is 8. The van der Waals surface area contributed by atoms with E-state index in [1.807, 2.05) is 0 Å². The molecule has 1 aliphatic carbocycles. The first-order valence-corrected chi connectivity index (χ1v) is 10.4. The first-order chi connectivity index (χ1) is 13.5. The van der Waals surface area contributed by atoms with E-state index in [1.165, 1.54) is 29.7 Å². The number of carboxylic acid groups (broad SMARTS) is 1. The van der Waals surface area contributed by atoms with Gasteiger partial charge in [-0.1, -0.05) is 11.8 Å². The average Bonchev–Trinajstić information content (AvgIpc) is 3.18. The van der Waals surface area contributed by atoms with E-state index in [9.17, 15) is 24.8 Å². The number of amides is 2. The van der Waals surface area contributed by atoms with Crippen LogP contribution < -0.4 is 10.0 Å². The van der Waals surface area contributed by atoms with Crippen LogP contribution >= 0.6 is 23.1 Å². The van der Waals surface area contributed by atoms with Gasteiger partial charge in [-0.05, 0) is 43.4 Å². The van der Waals surface area contributed by atoms with E-state index in [2.05, 4.69) is 11.1 Å². The second kappa shape index (κ2) is 7.37. The Morgan fingerprint density at radius 1 is 1.36 bits per heavy atom. The maximum absolute atomic E-state index is 13.0. The number of hydrogen-bond donors (Lipinski definition) is 0. The Bertz CT molecular complexity index is 1040. The molecule has 0 spiro atoms. The SMILES string of the molecule is N#Cc1c(N2C(=O)C[C@H](Sc3ncccc3C(=O)[O-])C2=O)sc2c1CCCC2. The van der Waals surface area contributed by atoms with Crippen molar-refractivity contribution in [2.75, 3.05) is 4.90 Å². The van der Waals surface area contributed by atoms with Crippen LogP contribution in [0.15, 0.2) is 23.4 Å². The number of carbonyl (C=O) groups excluding carboxylic acids is 3. The lowest BCUT2D eigenvalue weighted by atomic mass is 9.96. The van der Waals surface area contributed by atoms with Crippen molar-refractivity contribution >= 4 is 45.9 Å². The Kier molecular flexibility index (Phi) is 4.91. The van der Waals surface area contributed by atoms with Gasteiger partial charge in [0.2, 0.25) is 11.8 Å². The number of fused-ring (bicyclic) bond motifs is 1. The number of thiophene rings is 1. The molecule has 1 saturated heterocycles. The lowest BCUT2D eigenvalue weighted by Crippen LogP contribution is -2.31. The third-order valence-corrected chi connectivity index (χ3v) is 7.30. The molecule has 2 aromatic heterocycles. The van der Waals surface area contributed by atoms with E-state index in [0.717, 1.165) is 52.8 Å². The van der Waals surface area contributed by atoms with Gasteiger partial charge >= 0.3 is 0 Å². The van der Waals surface area contributed by atoms with Crippen molar-refractivity contribution in [1.82, 2.24) is 4.98 Å². The summed E-state index contributed by atoms with van der Waals surface area (Å²) in [4.78, 5) is 43.0. The quantitative estimate of drug-likeness (QED) is 0.702. The van der Waals surface area contributed by atoms with E-state index in [1.54, 1.807) is 0 Å². The number of thioether (sulfide) groups is 1. The van der Waals surface area contributed by atoms with Crippen molar-refractivity contribution in [3.8, 4) is 6.07 Å². The first kappa shape index (κ1) is 18.7. The molecule has 9 heteroatoms. The summed E-state index contributed by atoms with van der Waals surface area (Å²) in [6.45, 7) is 0. The highest BCUT2D eigenvalue weighted by molar-refractivity contribution is 8.00. The molecule has 1 fully saturated rings. The molecule has 2 aliphatic rings. The third-order valence-electron chi connectivity index (χ3n) is 4.82. The van der Waals surface area contributed by atoms with Crippen LogP contribution in [0, 0.1) is 11.3 Å². The maximum Gasteiger partial charge on any atom is 0.248 e. The summed E-state index contributed by atoms with van der Waals surface area (Å²) < 4.78 is 0. The molecular formula is C19H14N3O4S2-. The maximum atomic E-state index is 13.0. The monoisotopic (exact) mass is 412 g/mol. The number of aromatic nitrogens is 1. The van der Waals surface area contributed by atoms with Crippen LogP contribution in [0.3, 0.4) is 0 Å². The number of imide groups is 1. The minimum Gasteiger partial charge on any atom is -0.545 e. The van der Waals surface area contributed by atoms with Gasteiger partial charge in [0.25, 0.3) is 0 Å². The zero-order valence-corrected chi connectivity index (χ0v) is 16.3. The van der Waals surface area contributed by atoms with Gasteiger partial charge < -0.3 is 9.90 Å². The predicted molar refractivity (Wildman–Crippen MR) is 101 cm³/mol. The molecule has 0 bridgehead atoms. The standard InChI is InChI=1S/C19H15N3O4S2/c20-9-12-10-4-1-2-6-13(10)28-18(12)22-15(23)8-14(17(22)24)27-16-11(19(25)26)5-3-7-21-16/h3,5,7,14H,1-2,4,6,8H2,(H,25,26)/p-1/t14-/m0/s1. The van der Waals surface area contributed by atoms with Crippen molar-refractivity contribution < 1.29 is 19.5 Å². The molecule has 0 aromatic carbocycles. The summed E-state index contributed by atoms with van der Waals surface area (Å²) >= 11 is 2.28. The minimum absolute atomic E-state index is 0.0694. The number of nitriles is 1. The number of anilines is 1. The molecule has 0 saturated carbocycles. The number of carbonyl (C=O) groups is 3. The lowest BCUT2D eigenvalue weighted by Gasteiger charge is -2.14. The van der Waals surface area contributed by atoms with E-state index < -0.39 is 17.1 Å². The molecule has 2 amide bonds. The Labute approximate surface area is 169 Å². The largest absolute Gasteiger partial charge is 0.545 e. The number of pyridine rings is 1. The van der Waals surface area contributed by atoms with Crippen LogP contribution in [-0.2, 0) is 22.4 Å². The third kappa shape index (κ3) is 3.08. The number of nitrogens with zero attached hydrogens (tertiary/aromatic N) is 3. The van der Waals surface area contributed by atoms with Gasteiger partial charge in [-0.2, -0.15) is 5.26 Å². The van der Waals surface area contributed by atoms with Gasteiger partial charge in [-0.3, -0.25) is 9.59 Å². The van der Waals surface area contributed by atoms with Gasteiger partial charge in [-0.15, -0.1) is 11.3 Å². The molecule has 3 heterocycles. The van der Waals surface area contributed by atoms with Crippen molar-refractivity contribution in [2.24, 2.45) is 0 Å². The summed E-state index contributed by atoms with van der Waals surface area (Å²) in [5, 5.41) is 20.6. The molecule has 2 aromatic rings. The summed E-state index contributed by atoms with van der Waals surface area (Å²) in [5.41, 5.74) is 1.25. The minimum atomic E-state index is -1.39. The summed E-state index contributed by atoms with van der Waals surface area (Å²) in [6, 6.07) is 4.99.